The maximum atomic E-state index is 15.0. The lowest BCUT2D eigenvalue weighted by Crippen LogP contribution is -2.36. The van der Waals surface area contributed by atoms with E-state index in [4.69, 9.17) is 14.2 Å². The predicted octanol–water partition coefficient (Wildman–Crippen LogP) is 3.35. The minimum atomic E-state index is -0.648. The van der Waals surface area contributed by atoms with Crippen molar-refractivity contribution in [2.24, 2.45) is 0 Å². The molecule has 5 atom stereocenters. The number of carbonyl (C=O) groups is 1. The van der Waals surface area contributed by atoms with Gasteiger partial charge in [0.05, 0.1) is 30.3 Å². The number of ether oxygens (including phenoxy) is 3. The van der Waals surface area contributed by atoms with Gasteiger partial charge in [-0.15, -0.1) is 0 Å². The van der Waals surface area contributed by atoms with E-state index >= 15 is 4.39 Å². The van der Waals surface area contributed by atoms with Gasteiger partial charge in [-0.2, -0.15) is 0 Å². The van der Waals surface area contributed by atoms with Crippen LogP contribution in [0.15, 0.2) is 36.4 Å². The Kier molecular flexibility index (Phi) is 5.70. The van der Waals surface area contributed by atoms with E-state index < -0.39 is 11.9 Å². The van der Waals surface area contributed by atoms with Crippen molar-refractivity contribution in [3.8, 4) is 17.1 Å². The van der Waals surface area contributed by atoms with Crippen LogP contribution in [0.1, 0.15) is 37.8 Å². The first-order chi connectivity index (χ1) is 17.0. The second-order valence-electron chi connectivity index (χ2n) is 9.55. The van der Waals surface area contributed by atoms with Crippen LogP contribution in [0.3, 0.4) is 0 Å². The number of rotatable bonds is 4. The van der Waals surface area contributed by atoms with Gasteiger partial charge in [0, 0.05) is 31.2 Å². The first-order valence-corrected chi connectivity index (χ1v) is 12.1. The lowest BCUT2D eigenvalue weighted by molar-refractivity contribution is -0.132. The molecule has 3 aliphatic heterocycles. The smallest absolute Gasteiger partial charge is 0.219 e. The molecule has 3 saturated heterocycles. The number of aliphatic hydroxyl groups is 1. The van der Waals surface area contributed by atoms with Gasteiger partial charge in [-0.05, 0) is 24.8 Å². The molecular weight excluding hydrogens is 453 g/mol. The number of likely N-dealkylation sites (tertiary alicyclic amines) is 1. The number of piperidine rings is 1. The molecule has 9 heteroatoms. The standard InChI is InChI=1S/C26H28FN3O5/c1-14(31)30-9-3-2-4-20(30)15-5-7-16(8-6-15)24-17(27)10-18-19(29-24)11-23(28-18)35-22-13-34-25-21(32)12-33-26(22)25/h5-8,10-11,20-22,25-26,28,32H,2-4,9,12-13H2,1H3/t20?,21-,22-,25-,26-/m1/s1. The first kappa shape index (κ1) is 22.5. The number of nitrogens with one attached hydrogen (secondary N) is 1. The Balaban J connectivity index is 1.23. The van der Waals surface area contributed by atoms with E-state index in [1.54, 1.807) is 13.0 Å². The van der Waals surface area contributed by atoms with E-state index in [0.717, 1.165) is 31.4 Å². The van der Waals surface area contributed by atoms with Gasteiger partial charge in [-0.1, -0.05) is 24.3 Å². The molecule has 2 N–H and O–H groups in total. The molecule has 0 aliphatic carbocycles. The highest BCUT2D eigenvalue weighted by atomic mass is 19.1. The molecular formula is C26H28FN3O5. The average molecular weight is 482 g/mol. The molecule has 1 amide bonds. The largest absolute Gasteiger partial charge is 0.470 e. The highest BCUT2D eigenvalue weighted by molar-refractivity contribution is 5.81. The number of hydrogen-bond donors (Lipinski definition) is 2. The van der Waals surface area contributed by atoms with Crippen LogP contribution in [0.2, 0.25) is 0 Å². The number of halogens is 1. The lowest BCUT2D eigenvalue weighted by atomic mass is 9.94. The number of pyridine rings is 1. The number of aliphatic hydroxyl groups excluding tert-OH is 1. The number of benzene rings is 1. The van der Waals surface area contributed by atoms with E-state index in [2.05, 4.69) is 9.97 Å². The van der Waals surface area contributed by atoms with Crippen LogP contribution in [-0.4, -0.2) is 70.1 Å². The van der Waals surface area contributed by atoms with Crippen LogP contribution in [0.4, 0.5) is 4.39 Å². The van der Waals surface area contributed by atoms with Gasteiger partial charge in [0.2, 0.25) is 5.91 Å². The summed E-state index contributed by atoms with van der Waals surface area (Å²) < 4.78 is 32.2. The molecule has 0 spiro atoms. The van der Waals surface area contributed by atoms with Gasteiger partial charge in [0.1, 0.15) is 24.0 Å². The average Bonchev–Trinajstić information content (AvgIpc) is 3.55. The van der Waals surface area contributed by atoms with Crippen molar-refractivity contribution in [1.82, 2.24) is 14.9 Å². The first-order valence-electron chi connectivity index (χ1n) is 12.1. The van der Waals surface area contributed by atoms with E-state index in [-0.39, 0.29) is 42.6 Å². The molecule has 184 valence electrons. The minimum absolute atomic E-state index is 0.0593. The van der Waals surface area contributed by atoms with Gasteiger partial charge < -0.3 is 29.2 Å². The summed E-state index contributed by atoms with van der Waals surface area (Å²) >= 11 is 0. The maximum absolute atomic E-state index is 15.0. The van der Waals surface area contributed by atoms with Crippen molar-refractivity contribution in [1.29, 1.82) is 0 Å². The second kappa shape index (κ2) is 8.89. The number of amides is 1. The molecule has 3 fully saturated rings. The van der Waals surface area contributed by atoms with Gasteiger partial charge in [0.25, 0.3) is 0 Å². The van der Waals surface area contributed by atoms with Crippen LogP contribution in [0.5, 0.6) is 5.88 Å². The molecule has 0 radical (unpaired) electrons. The number of aromatic amines is 1. The SMILES string of the molecule is CC(=O)N1CCCCC1c1ccc(-c2nc3cc(O[C@@H]4CO[C@H]5[C@@H]4OC[C@H]5O)[nH]c3cc2F)cc1. The highest BCUT2D eigenvalue weighted by Gasteiger charge is 2.48. The Morgan fingerprint density at radius 3 is 2.77 bits per heavy atom. The Hall–Kier alpha value is -3.01. The molecule has 6 rings (SSSR count). The molecule has 8 nitrogen and oxygen atoms in total. The third-order valence-electron chi connectivity index (χ3n) is 7.27. The normalized spacial score (nSPS) is 28.4. The Morgan fingerprint density at radius 1 is 1.17 bits per heavy atom. The second-order valence-corrected chi connectivity index (χ2v) is 9.55. The third kappa shape index (κ3) is 4.07. The number of hydrogen-bond acceptors (Lipinski definition) is 6. The highest BCUT2D eigenvalue weighted by Crippen LogP contribution is 2.34. The zero-order valence-corrected chi connectivity index (χ0v) is 19.4. The summed E-state index contributed by atoms with van der Waals surface area (Å²) in [5.74, 6) is 0.0891. The van der Waals surface area contributed by atoms with Crippen LogP contribution in [-0.2, 0) is 14.3 Å². The van der Waals surface area contributed by atoms with E-state index in [9.17, 15) is 9.90 Å². The summed E-state index contributed by atoms with van der Waals surface area (Å²) in [6.07, 6.45) is 1.31. The van der Waals surface area contributed by atoms with Crippen LogP contribution in [0.25, 0.3) is 22.3 Å². The van der Waals surface area contributed by atoms with E-state index in [1.165, 1.54) is 6.07 Å². The van der Waals surface area contributed by atoms with Crippen molar-refractivity contribution in [3.63, 3.8) is 0 Å². The molecule has 5 heterocycles. The molecule has 35 heavy (non-hydrogen) atoms. The molecule has 0 bridgehead atoms. The summed E-state index contributed by atoms with van der Waals surface area (Å²) in [4.78, 5) is 21.6. The fourth-order valence-corrected chi connectivity index (χ4v) is 5.50. The lowest BCUT2D eigenvalue weighted by Gasteiger charge is -2.35. The number of H-pyrrole nitrogens is 1. The van der Waals surface area contributed by atoms with Crippen molar-refractivity contribution in [2.45, 2.75) is 56.6 Å². The van der Waals surface area contributed by atoms with Gasteiger partial charge in [0.15, 0.2) is 17.8 Å². The van der Waals surface area contributed by atoms with Crippen LogP contribution < -0.4 is 4.74 Å². The Labute approximate surface area is 202 Å². The van der Waals surface area contributed by atoms with Crippen molar-refractivity contribution in [2.75, 3.05) is 19.8 Å². The van der Waals surface area contributed by atoms with Crippen molar-refractivity contribution < 1.29 is 28.5 Å². The molecule has 3 aromatic rings. The number of fused-ring (bicyclic) bond motifs is 2. The maximum Gasteiger partial charge on any atom is 0.219 e. The molecule has 0 saturated carbocycles. The quantitative estimate of drug-likeness (QED) is 0.593. The zero-order valence-electron chi connectivity index (χ0n) is 19.4. The summed E-state index contributed by atoms with van der Waals surface area (Å²) in [7, 11) is 0. The summed E-state index contributed by atoms with van der Waals surface area (Å²) in [6, 6.07) is 10.9. The molecule has 1 aromatic carbocycles. The fraction of sp³-hybridized carbons (Fsp3) is 0.462. The molecule has 1 unspecified atom stereocenters. The van der Waals surface area contributed by atoms with Crippen molar-refractivity contribution in [3.05, 3.63) is 47.8 Å². The Bertz CT molecular complexity index is 1250. The summed E-state index contributed by atoms with van der Waals surface area (Å²) in [6.45, 7) is 2.92. The summed E-state index contributed by atoms with van der Waals surface area (Å²) in [5, 5.41) is 9.91. The van der Waals surface area contributed by atoms with Crippen LogP contribution >= 0.6 is 0 Å². The van der Waals surface area contributed by atoms with Crippen LogP contribution in [0, 0.1) is 5.82 Å². The minimum Gasteiger partial charge on any atom is -0.470 e. The van der Waals surface area contributed by atoms with Gasteiger partial charge in [-0.3, -0.25) is 4.79 Å². The Morgan fingerprint density at radius 2 is 1.97 bits per heavy atom. The zero-order chi connectivity index (χ0) is 24.1. The summed E-state index contributed by atoms with van der Waals surface area (Å²) in [5.41, 5.74) is 3.09. The number of carbonyl (C=O) groups excluding carboxylic acids is 1. The van der Waals surface area contributed by atoms with Gasteiger partial charge in [-0.25, -0.2) is 9.37 Å². The van der Waals surface area contributed by atoms with E-state index in [1.807, 2.05) is 29.2 Å². The van der Waals surface area contributed by atoms with E-state index in [0.29, 0.717) is 29.1 Å². The molecule has 2 aromatic heterocycles. The number of nitrogens with zero attached hydrogens (tertiary/aromatic N) is 2. The number of aromatic nitrogens is 2. The van der Waals surface area contributed by atoms with Crippen molar-refractivity contribution >= 4 is 16.9 Å². The fourth-order valence-electron chi connectivity index (χ4n) is 5.50. The topological polar surface area (TPSA) is 96.9 Å². The third-order valence-corrected chi connectivity index (χ3v) is 7.27. The molecule has 3 aliphatic rings. The monoisotopic (exact) mass is 481 g/mol. The predicted molar refractivity (Wildman–Crippen MR) is 125 cm³/mol. The van der Waals surface area contributed by atoms with Gasteiger partial charge >= 0.3 is 0 Å².